The second-order valence-electron chi connectivity index (χ2n) is 4.24. The molecule has 0 aliphatic rings. The third kappa shape index (κ3) is 4.00. The standard InChI is InChI=1S/C16H15ClN2O2/c1-21-15-4-2-3-14(20)13(15)9-10-16(18)19-12-7-5-11(17)6-8-12/h2-10,20H,1H3,(H2,18,19)/b10-9+. The van der Waals surface area contributed by atoms with Gasteiger partial charge in [0.2, 0.25) is 0 Å². The topological polar surface area (TPSA) is 67.8 Å². The Kier molecular flexibility index (Phi) is 4.85. The van der Waals surface area contributed by atoms with E-state index < -0.39 is 0 Å². The van der Waals surface area contributed by atoms with Gasteiger partial charge in [-0.05, 0) is 48.6 Å². The quantitative estimate of drug-likeness (QED) is 0.667. The second-order valence-corrected chi connectivity index (χ2v) is 4.68. The minimum atomic E-state index is 0.116. The minimum Gasteiger partial charge on any atom is -0.507 e. The first kappa shape index (κ1) is 14.9. The zero-order valence-corrected chi connectivity index (χ0v) is 12.2. The van der Waals surface area contributed by atoms with Crippen molar-refractivity contribution >= 4 is 29.2 Å². The molecule has 0 atom stereocenters. The van der Waals surface area contributed by atoms with Gasteiger partial charge in [-0.1, -0.05) is 17.7 Å². The number of hydrogen-bond acceptors (Lipinski definition) is 3. The summed E-state index contributed by atoms with van der Waals surface area (Å²) in [7, 11) is 1.54. The van der Waals surface area contributed by atoms with E-state index in [0.717, 1.165) is 0 Å². The highest BCUT2D eigenvalue weighted by molar-refractivity contribution is 6.30. The Labute approximate surface area is 128 Å². The third-order valence-corrected chi connectivity index (χ3v) is 3.02. The molecule has 0 radical (unpaired) electrons. The number of methoxy groups -OCH3 is 1. The molecule has 0 spiro atoms. The van der Waals surface area contributed by atoms with E-state index in [9.17, 15) is 5.11 Å². The normalized spacial score (nSPS) is 11.8. The van der Waals surface area contributed by atoms with Crippen LogP contribution < -0.4 is 10.5 Å². The van der Waals surface area contributed by atoms with Crippen LogP contribution in [0.2, 0.25) is 5.02 Å². The Morgan fingerprint density at radius 2 is 1.95 bits per heavy atom. The maximum absolute atomic E-state index is 9.83. The molecular formula is C16H15ClN2O2. The summed E-state index contributed by atoms with van der Waals surface area (Å²) in [4.78, 5) is 4.23. The number of benzene rings is 2. The maximum Gasteiger partial charge on any atom is 0.129 e. The van der Waals surface area contributed by atoms with Gasteiger partial charge in [-0.3, -0.25) is 0 Å². The number of aromatic hydroxyl groups is 1. The van der Waals surface area contributed by atoms with Gasteiger partial charge < -0.3 is 15.6 Å². The lowest BCUT2D eigenvalue weighted by Crippen LogP contribution is -2.06. The maximum atomic E-state index is 9.83. The molecule has 0 aromatic heterocycles. The zero-order valence-electron chi connectivity index (χ0n) is 11.5. The third-order valence-electron chi connectivity index (χ3n) is 2.77. The van der Waals surface area contributed by atoms with Crippen molar-refractivity contribution < 1.29 is 9.84 Å². The Morgan fingerprint density at radius 3 is 2.62 bits per heavy atom. The van der Waals surface area contributed by atoms with Gasteiger partial charge in [0, 0.05) is 5.02 Å². The molecular weight excluding hydrogens is 288 g/mol. The summed E-state index contributed by atoms with van der Waals surface area (Å²) in [5, 5.41) is 10.5. The predicted molar refractivity (Wildman–Crippen MR) is 86.4 cm³/mol. The molecule has 0 saturated heterocycles. The number of aliphatic imine (C=N–C) groups is 1. The van der Waals surface area contributed by atoms with Crippen molar-refractivity contribution in [3.05, 3.63) is 59.1 Å². The van der Waals surface area contributed by atoms with Crippen molar-refractivity contribution in [3.8, 4) is 11.5 Å². The van der Waals surface area contributed by atoms with Crippen LogP contribution in [0.3, 0.4) is 0 Å². The van der Waals surface area contributed by atoms with Crippen molar-refractivity contribution in [1.29, 1.82) is 0 Å². The monoisotopic (exact) mass is 302 g/mol. The Morgan fingerprint density at radius 1 is 1.24 bits per heavy atom. The first-order valence-corrected chi connectivity index (χ1v) is 6.61. The second kappa shape index (κ2) is 6.81. The number of nitrogens with two attached hydrogens (primary N) is 1. The SMILES string of the molecule is COc1cccc(O)c1/C=C/C(N)=Nc1ccc(Cl)cc1. The van der Waals surface area contributed by atoms with Crippen LogP contribution in [-0.2, 0) is 0 Å². The number of amidine groups is 1. The summed E-state index contributed by atoms with van der Waals surface area (Å²) >= 11 is 5.80. The number of phenolic OH excluding ortho intramolecular Hbond substituents is 1. The van der Waals surface area contributed by atoms with Crippen LogP contribution in [0.4, 0.5) is 5.69 Å². The van der Waals surface area contributed by atoms with Crippen molar-refractivity contribution in [2.75, 3.05) is 7.11 Å². The smallest absolute Gasteiger partial charge is 0.129 e. The number of ether oxygens (including phenoxy) is 1. The van der Waals surface area contributed by atoms with Crippen molar-refractivity contribution in [1.82, 2.24) is 0 Å². The van der Waals surface area contributed by atoms with Crippen molar-refractivity contribution in [2.45, 2.75) is 0 Å². The minimum absolute atomic E-state index is 0.116. The summed E-state index contributed by atoms with van der Waals surface area (Å²) in [5.74, 6) is 0.984. The molecule has 0 aliphatic carbocycles. The summed E-state index contributed by atoms with van der Waals surface area (Å²) < 4.78 is 5.18. The predicted octanol–water partition coefficient (Wildman–Crippen LogP) is 3.76. The average molecular weight is 303 g/mol. The molecule has 21 heavy (non-hydrogen) atoms. The van der Waals surface area contributed by atoms with Gasteiger partial charge in [-0.2, -0.15) is 0 Å². The largest absolute Gasteiger partial charge is 0.507 e. The lowest BCUT2D eigenvalue weighted by Gasteiger charge is -2.06. The summed E-state index contributed by atoms with van der Waals surface area (Å²) in [6.45, 7) is 0. The highest BCUT2D eigenvalue weighted by atomic mass is 35.5. The first-order chi connectivity index (χ1) is 10.1. The molecule has 108 valence electrons. The fraction of sp³-hybridized carbons (Fsp3) is 0.0625. The summed E-state index contributed by atoms with van der Waals surface area (Å²) in [6, 6.07) is 12.1. The molecule has 3 N–H and O–H groups in total. The number of hydrogen-bond donors (Lipinski definition) is 2. The molecule has 0 saturated carbocycles. The zero-order chi connectivity index (χ0) is 15.2. The van der Waals surface area contributed by atoms with Crippen molar-refractivity contribution in [3.63, 3.8) is 0 Å². The highest BCUT2D eigenvalue weighted by Crippen LogP contribution is 2.28. The Balaban J connectivity index is 2.23. The van der Waals surface area contributed by atoms with E-state index in [0.29, 0.717) is 27.9 Å². The number of halogens is 1. The molecule has 0 bridgehead atoms. The van der Waals surface area contributed by atoms with Crippen LogP contribution in [0, 0.1) is 0 Å². The van der Waals surface area contributed by atoms with Gasteiger partial charge in [0.1, 0.15) is 17.3 Å². The van der Waals surface area contributed by atoms with Gasteiger partial charge in [-0.25, -0.2) is 4.99 Å². The number of rotatable bonds is 4. The Hall–Kier alpha value is -2.46. The van der Waals surface area contributed by atoms with Crippen LogP contribution >= 0.6 is 11.6 Å². The van der Waals surface area contributed by atoms with Gasteiger partial charge in [-0.15, -0.1) is 0 Å². The molecule has 2 rings (SSSR count). The molecule has 2 aromatic carbocycles. The van der Waals surface area contributed by atoms with E-state index in [4.69, 9.17) is 22.1 Å². The molecule has 0 aliphatic heterocycles. The van der Waals surface area contributed by atoms with Crippen LogP contribution in [-0.4, -0.2) is 18.1 Å². The molecule has 0 unspecified atom stereocenters. The van der Waals surface area contributed by atoms with Crippen LogP contribution in [0.15, 0.2) is 53.5 Å². The van der Waals surface area contributed by atoms with E-state index in [1.54, 1.807) is 54.6 Å². The molecule has 0 fully saturated rings. The van der Waals surface area contributed by atoms with E-state index in [2.05, 4.69) is 4.99 Å². The van der Waals surface area contributed by atoms with E-state index >= 15 is 0 Å². The lowest BCUT2D eigenvalue weighted by molar-refractivity contribution is 0.406. The van der Waals surface area contributed by atoms with Gasteiger partial charge in [0.15, 0.2) is 0 Å². The summed E-state index contributed by atoms with van der Waals surface area (Å²) in [6.07, 6.45) is 3.26. The van der Waals surface area contributed by atoms with Crippen LogP contribution in [0.5, 0.6) is 11.5 Å². The van der Waals surface area contributed by atoms with E-state index in [-0.39, 0.29) is 5.75 Å². The fourth-order valence-corrected chi connectivity index (χ4v) is 1.87. The van der Waals surface area contributed by atoms with Gasteiger partial charge in [0.05, 0.1) is 18.4 Å². The molecule has 5 heteroatoms. The number of nitrogens with zero attached hydrogens (tertiary/aromatic N) is 1. The molecule has 0 heterocycles. The van der Waals surface area contributed by atoms with Gasteiger partial charge in [0.25, 0.3) is 0 Å². The molecule has 2 aromatic rings. The van der Waals surface area contributed by atoms with Crippen LogP contribution in [0.25, 0.3) is 6.08 Å². The molecule has 0 amide bonds. The Bertz CT molecular complexity index is 679. The molecule has 4 nitrogen and oxygen atoms in total. The average Bonchev–Trinajstić information content (AvgIpc) is 2.48. The fourth-order valence-electron chi connectivity index (χ4n) is 1.75. The first-order valence-electron chi connectivity index (χ1n) is 6.24. The van der Waals surface area contributed by atoms with Crippen LogP contribution in [0.1, 0.15) is 5.56 Å². The van der Waals surface area contributed by atoms with Crippen molar-refractivity contribution in [2.24, 2.45) is 10.7 Å². The van der Waals surface area contributed by atoms with E-state index in [1.165, 1.54) is 7.11 Å². The van der Waals surface area contributed by atoms with E-state index in [1.807, 2.05) is 0 Å². The van der Waals surface area contributed by atoms with Gasteiger partial charge >= 0.3 is 0 Å². The lowest BCUT2D eigenvalue weighted by atomic mass is 10.1. The highest BCUT2D eigenvalue weighted by Gasteiger charge is 2.04. The summed E-state index contributed by atoms with van der Waals surface area (Å²) in [5.41, 5.74) is 7.09. The number of phenols is 1.